The van der Waals surface area contributed by atoms with Crippen LogP contribution in [0.4, 0.5) is 4.79 Å². The monoisotopic (exact) mass is 184 g/mol. The fraction of sp³-hybridized carbons (Fsp3) is 0.778. The zero-order valence-corrected chi connectivity index (χ0v) is 8.33. The predicted octanol–water partition coefficient (Wildman–Crippen LogP) is 0.830. The van der Waals surface area contributed by atoms with Crippen LogP contribution in [0.1, 0.15) is 20.8 Å². The molecule has 0 bridgehead atoms. The SMILES string of the molecule is CC(C)CN1C[C@@H](C)C(=O)NC1=O. The van der Waals surface area contributed by atoms with Gasteiger partial charge < -0.3 is 4.90 Å². The molecule has 1 aliphatic heterocycles. The first-order chi connectivity index (χ1) is 6.00. The summed E-state index contributed by atoms with van der Waals surface area (Å²) in [5.74, 6) is 0.188. The Labute approximate surface area is 78.3 Å². The molecule has 4 heteroatoms. The number of nitrogens with one attached hydrogen (secondary N) is 1. The zero-order valence-electron chi connectivity index (χ0n) is 8.33. The van der Waals surface area contributed by atoms with E-state index in [-0.39, 0.29) is 17.9 Å². The molecule has 0 saturated carbocycles. The maximum absolute atomic E-state index is 11.3. The lowest BCUT2D eigenvalue weighted by atomic mass is 10.1. The Bertz CT molecular complexity index is 226. The molecule has 0 aromatic carbocycles. The number of urea groups is 1. The third kappa shape index (κ3) is 2.44. The fourth-order valence-electron chi connectivity index (χ4n) is 1.40. The number of imide groups is 1. The van der Waals surface area contributed by atoms with Crippen LogP contribution in [0.3, 0.4) is 0 Å². The largest absolute Gasteiger partial charge is 0.324 e. The Morgan fingerprint density at radius 1 is 1.54 bits per heavy atom. The second kappa shape index (κ2) is 3.77. The summed E-state index contributed by atoms with van der Waals surface area (Å²) in [6.45, 7) is 7.18. The highest BCUT2D eigenvalue weighted by molar-refractivity contribution is 5.97. The van der Waals surface area contributed by atoms with E-state index in [4.69, 9.17) is 0 Å². The molecule has 0 spiro atoms. The molecule has 0 aliphatic carbocycles. The molecule has 1 atom stereocenters. The first-order valence-corrected chi connectivity index (χ1v) is 4.60. The lowest BCUT2D eigenvalue weighted by Gasteiger charge is -2.31. The first kappa shape index (κ1) is 10.0. The fourth-order valence-corrected chi connectivity index (χ4v) is 1.40. The number of nitrogens with zero attached hydrogens (tertiary/aromatic N) is 1. The zero-order chi connectivity index (χ0) is 10.0. The molecule has 1 fully saturated rings. The summed E-state index contributed by atoms with van der Waals surface area (Å²) >= 11 is 0. The van der Waals surface area contributed by atoms with Crippen molar-refractivity contribution >= 4 is 11.9 Å². The number of rotatable bonds is 2. The summed E-state index contributed by atoms with van der Waals surface area (Å²) in [5, 5.41) is 2.33. The van der Waals surface area contributed by atoms with Crippen LogP contribution < -0.4 is 5.32 Å². The maximum atomic E-state index is 11.3. The van der Waals surface area contributed by atoms with Crippen LogP contribution >= 0.6 is 0 Å². The number of hydrogen-bond acceptors (Lipinski definition) is 2. The van der Waals surface area contributed by atoms with E-state index in [0.29, 0.717) is 19.0 Å². The predicted molar refractivity (Wildman–Crippen MR) is 49.1 cm³/mol. The molecule has 74 valence electrons. The highest BCUT2D eigenvalue weighted by atomic mass is 16.2. The van der Waals surface area contributed by atoms with Gasteiger partial charge in [0.15, 0.2) is 0 Å². The molecular weight excluding hydrogens is 168 g/mol. The molecule has 0 aromatic rings. The lowest BCUT2D eigenvalue weighted by Crippen LogP contribution is -2.54. The Kier molecular flexibility index (Phi) is 2.90. The second-order valence-electron chi connectivity index (χ2n) is 3.99. The third-order valence-corrected chi connectivity index (χ3v) is 2.04. The van der Waals surface area contributed by atoms with E-state index in [9.17, 15) is 9.59 Å². The number of amides is 3. The van der Waals surface area contributed by atoms with Crippen molar-refractivity contribution in [2.75, 3.05) is 13.1 Å². The maximum Gasteiger partial charge on any atom is 0.324 e. The molecule has 13 heavy (non-hydrogen) atoms. The first-order valence-electron chi connectivity index (χ1n) is 4.60. The van der Waals surface area contributed by atoms with Crippen molar-refractivity contribution in [2.24, 2.45) is 11.8 Å². The molecule has 0 unspecified atom stereocenters. The van der Waals surface area contributed by atoms with E-state index in [1.165, 1.54) is 0 Å². The quantitative estimate of drug-likeness (QED) is 0.691. The van der Waals surface area contributed by atoms with Crippen LogP contribution in [0.2, 0.25) is 0 Å². The van der Waals surface area contributed by atoms with Gasteiger partial charge in [-0.15, -0.1) is 0 Å². The Hall–Kier alpha value is -1.06. The van der Waals surface area contributed by atoms with Gasteiger partial charge in [-0.1, -0.05) is 20.8 Å². The van der Waals surface area contributed by atoms with Gasteiger partial charge in [0, 0.05) is 13.1 Å². The minimum atomic E-state index is -0.253. The van der Waals surface area contributed by atoms with E-state index >= 15 is 0 Å². The van der Waals surface area contributed by atoms with Crippen LogP contribution in [0.25, 0.3) is 0 Å². The highest BCUT2D eigenvalue weighted by Crippen LogP contribution is 2.09. The van der Waals surface area contributed by atoms with Crippen molar-refractivity contribution in [3.8, 4) is 0 Å². The summed E-state index contributed by atoms with van der Waals surface area (Å²) in [5.41, 5.74) is 0. The summed E-state index contributed by atoms with van der Waals surface area (Å²) < 4.78 is 0. The minimum Gasteiger partial charge on any atom is -0.323 e. The van der Waals surface area contributed by atoms with Crippen LogP contribution in [0.15, 0.2) is 0 Å². The Balaban J connectivity index is 2.56. The van der Waals surface area contributed by atoms with Gasteiger partial charge in [-0.05, 0) is 5.92 Å². The van der Waals surface area contributed by atoms with Gasteiger partial charge in [-0.25, -0.2) is 4.79 Å². The summed E-state index contributed by atoms with van der Waals surface area (Å²) in [7, 11) is 0. The number of carbonyl (C=O) groups excluding carboxylic acids is 2. The topological polar surface area (TPSA) is 49.4 Å². The van der Waals surface area contributed by atoms with Gasteiger partial charge in [-0.2, -0.15) is 0 Å². The standard InChI is InChI=1S/C9H16N2O2/c1-6(2)4-11-5-7(3)8(12)10-9(11)13/h6-7H,4-5H2,1-3H3,(H,10,12,13)/t7-/m1/s1. The molecule has 4 nitrogen and oxygen atoms in total. The number of carbonyl (C=O) groups is 2. The van der Waals surface area contributed by atoms with Gasteiger partial charge in [0.2, 0.25) is 5.91 Å². The van der Waals surface area contributed by atoms with Gasteiger partial charge in [0.25, 0.3) is 0 Å². The van der Waals surface area contributed by atoms with Crippen molar-refractivity contribution in [1.82, 2.24) is 10.2 Å². The average molecular weight is 184 g/mol. The lowest BCUT2D eigenvalue weighted by molar-refractivity contribution is -0.125. The van der Waals surface area contributed by atoms with E-state index in [1.807, 2.05) is 20.8 Å². The van der Waals surface area contributed by atoms with Crippen molar-refractivity contribution in [1.29, 1.82) is 0 Å². The Morgan fingerprint density at radius 3 is 2.69 bits per heavy atom. The molecule has 1 aliphatic rings. The van der Waals surface area contributed by atoms with Gasteiger partial charge in [0.05, 0.1) is 5.92 Å². The summed E-state index contributed by atoms with van der Waals surface area (Å²) in [6, 6.07) is -0.253. The smallest absolute Gasteiger partial charge is 0.323 e. The van der Waals surface area contributed by atoms with Crippen molar-refractivity contribution in [2.45, 2.75) is 20.8 Å². The highest BCUT2D eigenvalue weighted by Gasteiger charge is 2.28. The van der Waals surface area contributed by atoms with E-state index < -0.39 is 0 Å². The molecule has 1 rings (SSSR count). The summed E-state index contributed by atoms with van der Waals surface area (Å²) in [4.78, 5) is 24.0. The van der Waals surface area contributed by atoms with Gasteiger partial charge >= 0.3 is 6.03 Å². The molecule has 0 radical (unpaired) electrons. The molecule has 1 saturated heterocycles. The van der Waals surface area contributed by atoms with Crippen molar-refractivity contribution in [3.05, 3.63) is 0 Å². The molecule has 3 amide bonds. The van der Waals surface area contributed by atoms with Crippen molar-refractivity contribution in [3.63, 3.8) is 0 Å². The van der Waals surface area contributed by atoms with E-state index in [0.717, 1.165) is 0 Å². The van der Waals surface area contributed by atoms with E-state index in [1.54, 1.807) is 4.90 Å². The van der Waals surface area contributed by atoms with Crippen molar-refractivity contribution < 1.29 is 9.59 Å². The molecule has 1 heterocycles. The van der Waals surface area contributed by atoms with E-state index in [2.05, 4.69) is 5.32 Å². The summed E-state index contributed by atoms with van der Waals surface area (Å²) in [6.07, 6.45) is 0. The molecular formula is C9H16N2O2. The van der Waals surface area contributed by atoms with Gasteiger partial charge in [-0.3, -0.25) is 10.1 Å². The molecule has 1 N–H and O–H groups in total. The number of hydrogen-bond donors (Lipinski definition) is 1. The van der Waals surface area contributed by atoms with Crippen LogP contribution in [0, 0.1) is 11.8 Å². The van der Waals surface area contributed by atoms with Crippen LogP contribution in [-0.2, 0) is 4.79 Å². The minimum absolute atomic E-state index is 0.0866. The van der Waals surface area contributed by atoms with Crippen LogP contribution in [0.5, 0.6) is 0 Å². The Morgan fingerprint density at radius 2 is 2.15 bits per heavy atom. The van der Waals surface area contributed by atoms with Crippen LogP contribution in [-0.4, -0.2) is 29.9 Å². The second-order valence-corrected chi connectivity index (χ2v) is 3.99. The third-order valence-electron chi connectivity index (χ3n) is 2.04. The molecule has 0 aromatic heterocycles. The normalized spacial score (nSPS) is 23.7. The van der Waals surface area contributed by atoms with Gasteiger partial charge in [0.1, 0.15) is 0 Å². The average Bonchev–Trinajstić information content (AvgIpc) is 1.99.